The Morgan fingerprint density at radius 1 is 1.42 bits per heavy atom. The van der Waals surface area contributed by atoms with E-state index in [9.17, 15) is 14.7 Å². The quantitative estimate of drug-likeness (QED) is 0.867. The second-order valence-corrected chi connectivity index (χ2v) is 7.41. The fourth-order valence-electron chi connectivity index (χ4n) is 3.68. The number of hydrogen-bond donors (Lipinski definition) is 1. The van der Waals surface area contributed by atoms with Crippen LogP contribution in [0.2, 0.25) is 0 Å². The number of aromatic nitrogens is 2. The molecule has 1 aromatic rings. The molecule has 0 saturated carbocycles. The fourth-order valence-corrected chi connectivity index (χ4v) is 3.68. The van der Waals surface area contributed by atoms with Crippen LogP contribution in [0, 0.1) is 11.3 Å². The highest BCUT2D eigenvalue weighted by Crippen LogP contribution is 2.35. The molecule has 1 saturated heterocycles. The number of carbonyl (C=O) groups is 2. The Bertz CT molecular complexity index is 605. The standard InChI is InChI=1S/C18H29N3O3/c1-5-7-18(17(23)24)8-6-9-21(12-18)16(22)15-11-14(10-13(2)3)19-20(15)4/h11,13H,5-10,12H2,1-4H3,(H,23,24)/t18-/m0/s1. The van der Waals surface area contributed by atoms with Crippen LogP contribution in [-0.2, 0) is 18.3 Å². The summed E-state index contributed by atoms with van der Waals surface area (Å²) in [5, 5.41) is 14.1. The maximum absolute atomic E-state index is 12.9. The van der Waals surface area contributed by atoms with Crippen LogP contribution < -0.4 is 0 Å². The number of hydrogen-bond acceptors (Lipinski definition) is 3. The molecule has 2 rings (SSSR count). The molecule has 2 heterocycles. The van der Waals surface area contributed by atoms with Crippen LogP contribution in [0.5, 0.6) is 0 Å². The summed E-state index contributed by atoms with van der Waals surface area (Å²) in [6, 6.07) is 1.85. The molecule has 24 heavy (non-hydrogen) atoms. The molecule has 1 atom stereocenters. The summed E-state index contributed by atoms with van der Waals surface area (Å²) in [6.45, 7) is 7.13. The summed E-state index contributed by atoms with van der Waals surface area (Å²) in [4.78, 5) is 26.4. The monoisotopic (exact) mass is 335 g/mol. The molecule has 134 valence electrons. The van der Waals surface area contributed by atoms with Crippen molar-refractivity contribution in [1.82, 2.24) is 14.7 Å². The van der Waals surface area contributed by atoms with Crippen molar-refractivity contribution in [2.75, 3.05) is 13.1 Å². The van der Waals surface area contributed by atoms with Crippen molar-refractivity contribution >= 4 is 11.9 Å². The molecular formula is C18H29N3O3. The number of piperidine rings is 1. The van der Waals surface area contributed by atoms with Crippen LogP contribution in [0.3, 0.4) is 0 Å². The second kappa shape index (κ2) is 7.36. The third-order valence-corrected chi connectivity index (χ3v) is 4.81. The first kappa shape index (κ1) is 18.5. The number of carboxylic acid groups (broad SMARTS) is 1. The van der Waals surface area contributed by atoms with Gasteiger partial charge in [-0.1, -0.05) is 27.2 Å². The normalized spacial score (nSPS) is 21.3. The largest absolute Gasteiger partial charge is 0.481 e. The Morgan fingerprint density at radius 2 is 2.12 bits per heavy atom. The zero-order valence-electron chi connectivity index (χ0n) is 15.2. The molecule has 1 N–H and O–H groups in total. The van der Waals surface area contributed by atoms with Crippen LogP contribution in [-0.4, -0.2) is 44.8 Å². The van der Waals surface area contributed by atoms with Crippen molar-refractivity contribution in [1.29, 1.82) is 0 Å². The minimum absolute atomic E-state index is 0.110. The number of aliphatic carboxylic acids is 1. The van der Waals surface area contributed by atoms with Crippen molar-refractivity contribution in [3.63, 3.8) is 0 Å². The molecule has 1 fully saturated rings. The molecular weight excluding hydrogens is 306 g/mol. The van der Waals surface area contributed by atoms with Gasteiger partial charge in [-0.3, -0.25) is 14.3 Å². The Hall–Kier alpha value is -1.85. The SMILES string of the molecule is CCC[C@]1(C(=O)O)CCCN(C(=O)c2cc(CC(C)C)nn2C)C1. The predicted octanol–water partition coefficient (Wildman–Crippen LogP) is 2.73. The highest BCUT2D eigenvalue weighted by Gasteiger charge is 2.43. The maximum atomic E-state index is 12.9. The van der Waals surface area contributed by atoms with Gasteiger partial charge < -0.3 is 10.0 Å². The van der Waals surface area contributed by atoms with E-state index >= 15 is 0 Å². The van der Waals surface area contributed by atoms with E-state index in [1.165, 1.54) is 0 Å². The molecule has 0 aromatic carbocycles. The number of rotatable bonds is 6. The summed E-state index contributed by atoms with van der Waals surface area (Å²) in [6.07, 6.45) is 3.61. The molecule has 1 aliphatic rings. The summed E-state index contributed by atoms with van der Waals surface area (Å²) < 4.78 is 1.62. The lowest BCUT2D eigenvalue weighted by atomic mass is 9.76. The summed E-state index contributed by atoms with van der Waals surface area (Å²) in [5.74, 6) is -0.421. The molecule has 1 amide bonds. The van der Waals surface area contributed by atoms with Crippen LogP contribution in [0.25, 0.3) is 0 Å². The first-order valence-corrected chi connectivity index (χ1v) is 8.84. The topological polar surface area (TPSA) is 75.4 Å². The number of nitrogens with zero attached hydrogens (tertiary/aromatic N) is 3. The van der Waals surface area contributed by atoms with E-state index in [0.29, 0.717) is 37.5 Å². The van der Waals surface area contributed by atoms with Gasteiger partial charge >= 0.3 is 5.97 Å². The molecule has 1 aromatic heterocycles. The number of carbonyl (C=O) groups excluding carboxylic acids is 1. The van der Waals surface area contributed by atoms with Gasteiger partial charge in [0.15, 0.2) is 0 Å². The molecule has 0 bridgehead atoms. The van der Waals surface area contributed by atoms with E-state index in [1.807, 2.05) is 13.0 Å². The molecule has 0 unspecified atom stereocenters. The van der Waals surface area contributed by atoms with Crippen LogP contribution in [0.4, 0.5) is 0 Å². The van der Waals surface area contributed by atoms with Crippen molar-refractivity contribution in [2.24, 2.45) is 18.4 Å². The summed E-state index contributed by atoms with van der Waals surface area (Å²) in [5.41, 5.74) is 0.649. The predicted molar refractivity (Wildman–Crippen MR) is 91.9 cm³/mol. The second-order valence-electron chi connectivity index (χ2n) is 7.41. The van der Waals surface area contributed by atoms with E-state index in [2.05, 4.69) is 18.9 Å². The Morgan fingerprint density at radius 3 is 2.71 bits per heavy atom. The van der Waals surface area contributed by atoms with E-state index in [-0.39, 0.29) is 5.91 Å². The van der Waals surface area contributed by atoms with E-state index in [1.54, 1.807) is 16.6 Å². The molecule has 0 aliphatic carbocycles. The van der Waals surface area contributed by atoms with Gasteiger partial charge in [0.1, 0.15) is 5.69 Å². The summed E-state index contributed by atoms with van der Waals surface area (Å²) >= 11 is 0. The van der Waals surface area contributed by atoms with E-state index in [4.69, 9.17) is 0 Å². The van der Waals surface area contributed by atoms with Gasteiger partial charge in [0.2, 0.25) is 0 Å². The number of amides is 1. The average Bonchev–Trinajstić information content (AvgIpc) is 2.86. The zero-order chi connectivity index (χ0) is 17.9. The number of carboxylic acids is 1. The van der Waals surface area contributed by atoms with Crippen LogP contribution in [0.1, 0.15) is 62.6 Å². The van der Waals surface area contributed by atoms with Crippen molar-refractivity contribution in [3.05, 3.63) is 17.5 Å². The smallest absolute Gasteiger partial charge is 0.311 e. The van der Waals surface area contributed by atoms with Gasteiger partial charge in [-0.05, 0) is 37.7 Å². The van der Waals surface area contributed by atoms with Crippen LogP contribution in [0.15, 0.2) is 6.07 Å². The third kappa shape index (κ3) is 3.79. The lowest BCUT2D eigenvalue weighted by Gasteiger charge is -2.39. The summed E-state index contributed by atoms with van der Waals surface area (Å²) in [7, 11) is 1.78. The molecule has 0 radical (unpaired) electrons. The minimum atomic E-state index is -0.804. The van der Waals surface area contributed by atoms with Gasteiger partial charge in [-0.15, -0.1) is 0 Å². The number of likely N-dealkylation sites (tertiary alicyclic amines) is 1. The van der Waals surface area contributed by atoms with Crippen molar-refractivity contribution in [2.45, 2.75) is 52.9 Å². The highest BCUT2D eigenvalue weighted by molar-refractivity contribution is 5.93. The Kier molecular flexibility index (Phi) is 5.67. The highest BCUT2D eigenvalue weighted by atomic mass is 16.4. The van der Waals surface area contributed by atoms with E-state index in [0.717, 1.165) is 25.0 Å². The lowest BCUT2D eigenvalue weighted by molar-refractivity contribution is -0.152. The van der Waals surface area contributed by atoms with Gasteiger partial charge in [0, 0.05) is 20.1 Å². The Balaban J connectivity index is 2.20. The van der Waals surface area contributed by atoms with Gasteiger partial charge in [0.25, 0.3) is 5.91 Å². The Labute approximate surface area is 143 Å². The third-order valence-electron chi connectivity index (χ3n) is 4.81. The first-order chi connectivity index (χ1) is 11.3. The average molecular weight is 335 g/mol. The van der Waals surface area contributed by atoms with Gasteiger partial charge in [0.05, 0.1) is 11.1 Å². The fraction of sp³-hybridized carbons (Fsp3) is 0.722. The lowest BCUT2D eigenvalue weighted by Crippen LogP contribution is -2.50. The van der Waals surface area contributed by atoms with Crippen molar-refractivity contribution in [3.8, 4) is 0 Å². The molecule has 0 spiro atoms. The molecule has 6 nitrogen and oxygen atoms in total. The molecule has 6 heteroatoms. The zero-order valence-corrected chi connectivity index (χ0v) is 15.2. The van der Waals surface area contributed by atoms with Gasteiger partial charge in [-0.2, -0.15) is 5.10 Å². The van der Waals surface area contributed by atoms with E-state index < -0.39 is 11.4 Å². The van der Waals surface area contributed by atoms with Crippen molar-refractivity contribution < 1.29 is 14.7 Å². The van der Waals surface area contributed by atoms with Gasteiger partial charge in [-0.25, -0.2) is 0 Å². The maximum Gasteiger partial charge on any atom is 0.311 e. The first-order valence-electron chi connectivity index (χ1n) is 8.84. The molecule has 1 aliphatic heterocycles. The number of aryl methyl sites for hydroxylation is 1. The minimum Gasteiger partial charge on any atom is -0.481 e. The van der Waals surface area contributed by atoms with Crippen LogP contribution >= 0.6 is 0 Å².